The predicted molar refractivity (Wildman–Crippen MR) is 77.9 cm³/mol. The van der Waals surface area contributed by atoms with Crippen molar-refractivity contribution in [3.8, 4) is 0 Å². The molecular weight excluding hydrogens is 240 g/mol. The molecule has 0 amide bonds. The fourth-order valence-electron chi connectivity index (χ4n) is 2.59. The van der Waals surface area contributed by atoms with Gasteiger partial charge in [-0.1, -0.05) is 13.8 Å². The van der Waals surface area contributed by atoms with Crippen molar-refractivity contribution >= 4 is 11.6 Å². The summed E-state index contributed by atoms with van der Waals surface area (Å²) in [7, 11) is 1.78. The van der Waals surface area contributed by atoms with E-state index >= 15 is 0 Å². The van der Waals surface area contributed by atoms with Crippen LogP contribution in [0.2, 0.25) is 0 Å². The van der Waals surface area contributed by atoms with E-state index in [1.807, 2.05) is 0 Å². The Morgan fingerprint density at radius 1 is 1.47 bits per heavy atom. The van der Waals surface area contributed by atoms with Crippen LogP contribution in [0, 0.1) is 0 Å². The van der Waals surface area contributed by atoms with Crippen molar-refractivity contribution in [2.24, 2.45) is 0 Å². The van der Waals surface area contributed by atoms with Crippen LogP contribution >= 0.6 is 0 Å². The average molecular weight is 264 g/mol. The van der Waals surface area contributed by atoms with Gasteiger partial charge >= 0.3 is 0 Å². The number of aromatic nitrogens is 2. The smallest absolute Gasteiger partial charge is 0.137 e. The Bertz CT molecular complexity index is 422. The second-order valence-corrected chi connectivity index (χ2v) is 5.24. The molecule has 0 spiro atoms. The summed E-state index contributed by atoms with van der Waals surface area (Å²) in [4.78, 5) is 11.2. The molecule has 1 aromatic heterocycles. The summed E-state index contributed by atoms with van der Waals surface area (Å²) in [6.07, 6.45) is 3.03. The minimum atomic E-state index is 0.317. The van der Waals surface area contributed by atoms with Crippen LogP contribution in [-0.2, 0) is 4.74 Å². The third-order valence-corrected chi connectivity index (χ3v) is 3.56. The Morgan fingerprint density at radius 2 is 2.26 bits per heavy atom. The van der Waals surface area contributed by atoms with Crippen LogP contribution in [0.1, 0.15) is 38.7 Å². The van der Waals surface area contributed by atoms with Crippen molar-refractivity contribution in [2.45, 2.75) is 39.2 Å². The fourth-order valence-corrected chi connectivity index (χ4v) is 2.59. The lowest BCUT2D eigenvalue weighted by molar-refractivity contribution is 0.121. The van der Waals surface area contributed by atoms with Crippen LogP contribution in [0.25, 0.3) is 0 Å². The summed E-state index contributed by atoms with van der Waals surface area (Å²) < 4.78 is 5.44. The molecular formula is C14H24N4O. The molecule has 5 heteroatoms. The molecule has 5 nitrogen and oxygen atoms in total. The zero-order valence-corrected chi connectivity index (χ0v) is 12.3. The van der Waals surface area contributed by atoms with E-state index in [1.165, 1.54) is 5.56 Å². The minimum absolute atomic E-state index is 0.317. The monoisotopic (exact) mass is 264 g/mol. The van der Waals surface area contributed by atoms with E-state index in [4.69, 9.17) is 4.74 Å². The molecule has 1 aromatic rings. The van der Waals surface area contributed by atoms with E-state index in [2.05, 4.69) is 41.0 Å². The molecule has 106 valence electrons. The summed E-state index contributed by atoms with van der Waals surface area (Å²) in [5.41, 5.74) is 1.21. The van der Waals surface area contributed by atoms with E-state index < -0.39 is 0 Å². The van der Waals surface area contributed by atoms with Crippen LogP contribution in [0.5, 0.6) is 0 Å². The second kappa shape index (κ2) is 6.19. The first kappa shape index (κ1) is 14.1. The van der Waals surface area contributed by atoms with Crippen LogP contribution in [0.3, 0.4) is 0 Å². The van der Waals surface area contributed by atoms with Crippen molar-refractivity contribution in [1.29, 1.82) is 0 Å². The van der Waals surface area contributed by atoms with E-state index in [0.717, 1.165) is 37.7 Å². The maximum absolute atomic E-state index is 5.44. The zero-order valence-electron chi connectivity index (χ0n) is 12.3. The van der Waals surface area contributed by atoms with Gasteiger partial charge in [-0.05, 0) is 19.3 Å². The zero-order chi connectivity index (χ0) is 13.8. The first-order valence-electron chi connectivity index (χ1n) is 7.03. The number of hydrogen-bond donors (Lipinski definition) is 1. The standard InChI is InChI=1S/C14H24N4O/c1-5-15-13-12(10(2)3)14(17-9-16-13)18-7-6-11(8-18)19-4/h9-11H,5-8H2,1-4H3,(H,15,16,17). The molecule has 1 saturated heterocycles. The second-order valence-electron chi connectivity index (χ2n) is 5.24. The Hall–Kier alpha value is -1.36. The minimum Gasteiger partial charge on any atom is -0.380 e. The molecule has 19 heavy (non-hydrogen) atoms. The van der Waals surface area contributed by atoms with E-state index in [9.17, 15) is 0 Å². The maximum Gasteiger partial charge on any atom is 0.137 e. The lowest BCUT2D eigenvalue weighted by Gasteiger charge is -2.23. The normalized spacial score (nSPS) is 19.2. The van der Waals surface area contributed by atoms with Gasteiger partial charge in [0.05, 0.1) is 6.10 Å². The molecule has 1 unspecified atom stereocenters. The van der Waals surface area contributed by atoms with Crippen molar-refractivity contribution in [2.75, 3.05) is 37.0 Å². The molecule has 0 saturated carbocycles. The van der Waals surface area contributed by atoms with Gasteiger partial charge in [0.25, 0.3) is 0 Å². The Kier molecular flexibility index (Phi) is 4.58. The predicted octanol–water partition coefficient (Wildman–Crippen LogP) is 2.26. The van der Waals surface area contributed by atoms with Crippen LogP contribution in [0.15, 0.2) is 6.33 Å². The number of nitrogens with zero attached hydrogens (tertiary/aromatic N) is 3. The quantitative estimate of drug-likeness (QED) is 0.884. The Balaban J connectivity index is 2.31. The molecule has 1 atom stereocenters. The topological polar surface area (TPSA) is 50.3 Å². The molecule has 0 aliphatic carbocycles. The molecule has 0 bridgehead atoms. The summed E-state index contributed by atoms with van der Waals surface area (Å²) in [5.74, 6) is 2.41. The van der Waals surface area contributed by atoms with Crippen molar-refractivity contribution in [3.63, 3.8) is 0 Å². The molecule has 1 aliphatic rings. The average Bonchev–Trinajstić information content (AvgIpc) is 2.87. The van der Waals surface area contributed by atoms with Gasteiger partial charge in [0, 0.05) is 32.3 Å². The number of nitrogens with one attached hydrogen (secondary N) is 1. The number of anilines is 2. The Morgan fingerprint density at radius 3 is 2.84 bits per heavy atom. The lowest BCUT2D eigenvalue weighted by atomic mass is 10.0. The van der Waals surface area contributed by atoms with Crippen molar-refractivity contribution < 1.29 is 4.74 Å². The highest BCUT2D eigenvalue weighted by Crippen LogP contribution is 2.32. The van der Waals surface area contributed by atoms with Gasteiger partial charge in [0.2, 0.25) is 0 Å². The first-order valence-corrected chi connectivity index (χ1v) is 7.03. The summed E-state index contributed by atoms with van der Waals surface area (Å²) in [5, 5.41) is 3.34. The largest absolute Gasteiger partial charge is 0.380 e. The highest BCUT2D eigenvalue weighted by molar-refractivity contribution is 5.60. The van der Waals surface area contributed by atoms with Gasteiger partial charge in [0.1, 0.15) is 18.0 Å². The van der Waals surface area contributed by atoms with E-state index in [0.29, 0.717) is 12.0 Å². The SMILES string of the molecule is CCNc1ncnc(N2CCC(OC)C2)c1C(C)C. The molecule has 2 rings (SSSR count). The summed E-state index contributed by atoms with van der Waals surface area (Å²) in [6.45, 7) is 9.25. The fraction of sp³-hybridized carbons (Fsp3) is 0.714. The molecule has 1 N–H and O–H groups in total. The molecule has 1 fully saturated rings. The first-order chi connectivity index (χ1) is 9.17. The number of methoxy groups -OCH3 is 1. The maximum atomic E-state index is 5.44. The van der Waals surface area contributed by atoms with Gasteiger partial charge in [-0.25, -0.2) is 9.97 Å². The van der Waals surface area contributed by atoms with Gasteiger partial charge in [0.15, 0.2) is 0 Å². The third kappa shape index (κ3) is 2.97. The molecule has 1 aliphatic heterocycles. The molecule has 0 aromatic carbocycles. The van der Waals surface area contributed by atoms with Gasteiger partial charge in [-0.2, -0.15) is 0 Å². The van der Waals surface area contributed by atoms with E-state index in [1.54, 1.807) is 13.4 Å². The molecule has 2 heterocycles. The van der Waals surface area contributed by atoms with Gasteiger partial charge < -0.3 is 15.0 Å². The number of ether oxygens (including phenoxy) is 1. The lowest BCUT2D eigenvalue weighted by Crippen LogP contribution is -2.25. The summed E-state index contributed by atoms with van der Waals surface area (Å²) >= 11 is 0. The van der Waals surface area contributed by atoms with Crippen LogP contribution < -0.4 is 10.2 Å². The van der Waals surface area contributed by atoms with Gasteiger partial charge in [-0.3, -0.25) is 0 Å². The van der Waals surface area contributed by atoms with Crippen molar-refractivity contribution in [1.82, 2.24) is 9.97 Å². The van der Waals surface area contributed by atoms with E-state index in [-0.39, 0.29) is 0 Å². The Labute approximate surface area is 115 Å². The number of rotatable bonds is 5. The number of hydrogen-bond acceptors (Lipinski definition) is 5. The third-order valence-electron chi connectivity index (χ3n) is 3.56. The van der Waals surface area contributed by atoms with Gasteiger partial charge in [-0.15, -0.1) is 0 Å². The molecule has 0 radical (unpaired) electrons. The van der Waals surface area contributed by atoms with Crippen molar-refractivity contribution in [3.05, 3.63) is 11.9 Å². The van der Waals surface area contributed by atoms with Crippen LogP contribution in [-0.4, -0.2) is 42.8 Å². The summed E-state index contributed by atoms with van der Waals surface area (Å²) in [6, 6.07) is 0. The highest BCUT2D eigenvalue weighted by Gasteiger charge is 2.27. The highest BCUT2D eigenvalue weighted by atomic mass is 16.5. The van der Waals surface area contributed by atoms with Crippen LogP contribution in [0.4, 0.5) is 11.6 Å².